The number of halogens is 5. The molecule has 3 aromatic rings. The molecule has 29 heavy (non-hydrogen) atoms. The molecule has 0 spiro atoms. The number of ether oxygens (including phenoxy) is 1. The zero-order chi connectivity index (χ0) is 21.0. The Bertz CT molecular complexity index is 1020. The van der Waals surface area contributed by atoms with Crippen LogP contribution >= 0.6 is 23.2 Å². The van der Waals surface area contributed by atoms with Crippen molar-refractivity contribution in [1.82, 2.24) is 4.98 Å². The third-order valence-corrected chi connectivity index (χ3v) is 4.25. The number of rotatable bonds is 6. The van der Waals surface area contributed by atoms with Gasteiger partial charge in [-0.05, 0) is 30.3 Å². The van der Waals surface area contributed by atoms with Crippen LogP contribution in [-0.4, -0.2) is 17.3 Å². The lowest BCUT2D eigenvalue weighted by Crippen LogP contribution is -2.19. The van der Waals surface area contributed by atoms with E-state index in [1.165, 1.54) is 24.4 Å². The first-order valence-corrected chi connectivity index (χ1v) is 9.01. The summed E-state index contributed by atoms with van der Waals surface area (Å²) in [6, 6.07) is 10.2. The highest BCUT2D eigenvalue weighted by atomic mass is 35.5. The van der Waals surface area contributed by atoms with Crippen molar-refractivity contribution in [3.8, 4) is 17.1 Å². The van der Waals surface area contributed by atoms with Gasteiger partial charge in [0, 0.05) is 23.4 Å². The van der Waals surface area contributed by atoms with E-state index in [0.29, 0.717) is 21.4 Å². The number of aryl methyl sites for hydroxylation is 1. The Hall–Kier alpha value is -2.71. The maximum absolute atomic E-state index is 12.4. The van der Waals surface area contributed by atoms with Crippen LogP contribution in [0.4, 0.5) is 18.9 Å². The second kappa shape index (κ2) is 8.75. The fraction of sp³-hybridized carbons (Fsp3) is 0.158. The van der Waals surface area contributed by atoms with E-state index >= 15 is 0 Å². The van der Waals surface area contributed by atoms with Crippen molar-refractivity contribution < 1.29 is 27.1 Å². The van der Waals surface area contributed by atoms with Crippen LogP contribution in [-0.2, 0) is 11.2 Å². The topological polar surface area (TPSA) is 64.4 Å². The van der Waals surface area contributed by atoms with E-state index in [9.17, 15) is 18.0 Å². The van der Waals surface area contributed by atoms with Crippen LogP contribution < -0.4 is 10.1 Å². The van der Waals surface area contributed by atoms with E-state index in [1.54, 1.807) is 18.2 Å². The van der Waals surface area contributed by atoms with Gasteiger partial charge < -0.3 is 14.5 Å². The van der Waals surface area contributed by atoms with E-state index in [0.717, 1.165) is 6.07 Å². The molecule has 0 saturated heterocycles. The number of amides is 1. The van der Waals surface area contributed by atoms with Crippen LogP contribution in [0.2, 0.25) is 10.0 Å². The molecule has 0 aliphatic rings. The number of aromatic nitrogens is 1. The Balaban J connectivity index is 1.62. The Kier molecular flexibility index (Phi) is 6.34. The Morgan fingerprint density at radius 2 is 1.93 bits per heavy atom. The van der Waals surface area contributed by atoms with Crippen molar-refractivity contribution >= 4 is 34.8 Å². The summed E-state index contributed by atoms with van der Waals surface area (Å²) in [6.45, 7) is 0. The highest BCUT2D eigenvalue weighted by Gasteiger charge is 2.32. The fourth-order valence-electron chi connectivity index (χ4n) is 2.46. The second-order valence-electron chi connectivity index (χ2n) is 5.83. The van der Waals surface area contributed by atoms with Crippen LogP contribution in [0.15, 0.2) is 53.1 Å². The molecule has 0 radical (unpaired) electrons. The van der Waals surface area contributed by atoms with Crippen molar-refractivity contribution in [1.29, 1.82) is 0 Å². The summed E-state index contributed by atoms with van der Waals surface area (Å²) in [5, 5.41) is 3.25. The number of para-hydroxylation sites is 2. The molecule has 1 aromatic heterocycles. The number of nitrogens with zero attached hydrogens (tertiary/aromatic N) is 1. The molecule has 0 bridgehead atoms. The van der Waals surface area contributed by atoms with Gasteiger partial charge in [-0.2, -0.15) is 0 Å². The van der Waals surface area contributed by atoms with Gasteiger partial charge >= 0.3 is 6.36 Å². The third kappa shape index (κ3) is 5.88. The molecule has 1 heterocycles. The predicted octanol–water partition coefficient (Wildman–Crippen LogP) is 6.12. The molecule has 0 aliphatic heterocycles. The number of benzene rings is 2. The van der Waals surface area contributed by atoms with Gasteiger partial charge in [0.15, 0.2) is 17.4 Å². The number of hydrogen-bond donors (Lipinski definition) is 1. The minimum Gasteiger partial charge on any atom is -0.441 e. The molecule has 0 aliphatic carbocycles. The quantitative estimate of drug-likeness (QED) is 0.497. The van der Waals surface area contributed by atoms with Gasteiger partial charge in [-0.25, -0.2) is 4.98 Å². The number of oxazole rings is 1. The molecule has 2 aromatic carbocycles. The SMILES string of the molecule is O=C(CCc1ncc(-c2ccc(Cl)cc2Cl)o1)Nc1ccccc1OC(F)(F)F. The number of anilines is 1. The van der Waals surface area contributed by atoms with Crippen LogP contribution in [0, 0.1) is 0 Å². The smallest absolute Gasteiger partial charge is 0.441 e. The normalized spacial score (nSPS) is 11.3. The predicted molar refractivity (Wildman–Crippen MR) is 102 cm³/mol. The summed E-state index contributed by atoms with van der Waals surface area (Å²) in [7, 11) is 0. The first-order chi connectivity index (χ1) is 13.7. The molecule has 0 unspecified atom stereocenters. The molecule has 152 valence electrons. The van der Waals surface area contributed by atoms with Crippen molar-refractivity contribution in [3.63, 3.8) is 0 Å². The van der Waals surface area contributed by atoms with E-state index in [2.05, 4.69) is 15.0 Å². The van der Waals surface area contributed by atoms with Gasteiger partial charge in [-0.3, -0.25) is 4.79 Å². The van der Waals surface area contributed by atoms with Gasteiger partial charge in [0.25, 0.3) is 0 Å². The average Bonchev–Trinajstić information content (AvgIpc) is 3.09. The highest BCUT2D eigenvalue weighted by Crippen LogP contribution is 2.32. The van der Waals surface area contributed by atoms with Crippen molar-refractivity contribution in [3.05, 3.63) is 64.6 Å². The zero-order valence-electron chi connectivity index (χ0n) is 14.6. The summed E-state index contributed by atoms with van der Waals surface area (Å²) in [6.07, 6.45) is -3.32. The van der Waals surface area contributed by atoms with Gasteiger partial charge in [-0.1, -0.05) is 35.3 Å². The Labute approximate surface area is 173 Å². The van der Waals surface area contributed by atoms with E-state index < -0.39 is 18.0 Å². The van der Waals surface area contributed by atoms with E-state index in [-0.39, 0.29) is 24.4 Å². The molecular formula is C19H13Cl2F3N2O3. The van der Waals surface area contributed by atoms with Crippen molar-refractivity contribution in [2.45, 2.75) is 19.2 Å². The molecule has 0 saturated carbocycles. The fourth-order valence-corrected chi connectivity index (χ4v) is 2.96. The van der Waals surface area contributed by atoms with Crippen LogP contribution in [0.5, 0.6) is 5.75 Å². The zero-order valence-corrected chi connectivity index (χ0v) is 16.1. The minimum atomic E-state index is -4.86. The molecular weight excluding hydrogens is 432 g/mol. The maximum atomic E-state index is 12.4. The standard InChI is InChI=1S/C19H13Cl2F3N2O3/c20-11-5-6-12(13(21)9-11)16-10-25-18(28-16)8-7-17(27)26-14-3-1-2-4-15(14)29-19(22,23)24/h1-6,9-10H,7-8H2,(H,26,27). The highest BCUT2D eigenvalue weighted by molar-refractivity contribution is 6.36. The molecule has 0 fully saturated rings. The molecule has 0 atom stereocenters. The monoisotopic (exact) mass is 444 g/mol. The molecule has 5 nitrogen and oxygen atoms in total. The molecule has 10 heteroatoms. The molecule has 1 amide bonds. The summed E-state index contributed by atoms with van der Waals surface area (Å²) in [4.78, 5) is 16.2. The van der Waals surface area contributed by atoms with E-state index in [1.807, 2.05) is 0 Å². The number of alkyl halides is 3. The van der Waals surface area contributed by atoms with E-state index in [4.69, 9.17) is 27.6 Å². The van der Waals surface area contributed by atoms with Crippen LogP contribution in [0.3, 0.4) is 0 Å². The lowest BCUT2D eigenvalue weighted by Gasteiger charge is -2.13. The van der Waals surface area contributed by atoms with Crippen LogP contribution in [0.25, 0.3) is 11.3 Å². The van der Waals surface area contributed by atoms with Gasteiger partial charge in [0.05, 0.1) is 16.9 Å². The summed E-state index contributed by atoms with van der Waals surface area (Å²) < 4.78 is 46.8. The number of nitrogens with one attached hydrogen (secondary N) is 1. The molecule has 1 N–H and O–H groups in total. The Morgan fingerprint density at radius 1 is 1.17 bits per heavy atom. The number of hydrogen-bond acceptors (Lipinski definition) is 4. The third-order valence-electron chi connectivity index (χ3n) is 3.70. The summed E-state index contributed by atoms with van der Waals surface area (Å²) in [5.74, 6) is -0.330. The largest absolute Gasteiger partial charge is 0.573 e. The van der Waals surface area contributed by atoms with Crippen molar-refractivity contribution in [2.75, 3.05) is 5.32 Å². The van der Waals surface area contributed by atoms with Crippen LogP contribution in [0.1, 0.15) is 12.3 Å². The maximum Gasteiger partial charge on any atom is 0.573 e. The van der Waals surface area contributed by atoms with Gasteiger partial charge in [0.1, 0.15) is 0 Å². The van der Waals surface area contributed by atoms with Gasteiger partial charge in [-0.15, -0.1) is 13.2 Å². The Morgan fingerprint density at radius 3 is 2.66 bits per heavy atom. The first kappa shape index (κ1) is 21.0. The second-order valence-corrected chi connectivity index (χ2v) is 6.68. The lowest BCUT2D eigenvalue weighted by atomic mass is 10.2. The first-order valence-electron chi connectivity index (χ1n) is 8.26. The summed E-state index contributed by atoms with van der Waals surface area (Å²) in [5.41, 5.74) is 0.508. The summed E-state index contributed by atoms with van der Waals surface area (Å²) >= 11 is 12.0. The number of carbonyl (C=O) groups excluding carboxylic acids is 1. The average molecular weight is 445 g/mol. The minimum absolute atomic E-state index is 0.0609. The van der Waals surface area contributed by atoms with Gasteiger partial charge in [0.2, 0.25) is 5.91 Å². The molecule has 3 rings (SSSR count). The lowest BCUT2D eigenvalue weighted by molar-refractivity contribution is -0.274. The van der Waals surface area contributed by atoms with Crippen molar-refractivity contribution in [2.24, 2.45) is 0 Å². The number of carbonyl (C=O) groups is 1.